The van der Waals surface area contributed by atoms with Crippen LogP contribution in [0, 0.1) is 0 Å². The molecule has 8 nitrogen and oxygen atoms in total. The fourth-order valence-electron chi connectivity index (χ4n) is 3.85. The van der Waals surface area contributed by atoms with Gasteiger partial charge in [0.2, 0.25) is 5.91 Å². The van der Waals surface area contributed by atoms with Gasteiger partial charge in [0.1, 0.15) is 6.61 Å². The van der Waals surface area contributed by atoms with Crippen LogP contribution < -0.4 is 10.6 Å². The Morgan fingerprint density at radius 3 is 2.56 bits per heavy atom. The molecule has 8 heteroatoms. The van der Waals surface area contributed by atoms with Crippen molar-refractivity contribution in [2.45, 2.75) is 19.4 Å². The number of ether oxygens (including phenoxy) is 1. The molecule has 1 aromatic heterocycles. The molecule has 2 heterocycles. The maximum absolute atomic E-state index is 13.0. The van der Waals surface area contributed by atoms with E-state index in [-0.39, 0.29) is 6.61 Å². The van der Waals surface area contributed by atoms with Crippen molar-refractivity contribution in [3.8, 4) is 11.1 Å². The number of aromatic nitrogens is 2. The highest BCUT2D eigenvalue weighted by Crippen LogP contribution is 2.23. The molecule has 0 radical (unpaired) electrons. The Morgan fingerprint density at radius 2 is 1.88 bits per heavy atom. The molecule has 3 N–H and O–H groups in total. The van der Waals surface area contributed by atoms with Crippen molar-refractivity contribution < 1.29 is 14.3 Å². The van der Waals surface area contributed by atoms with E-state index in [4.69, 9.17) is 10.5 Å². The van der Waals surface area contributed by atoms with Crippen LogP contribution in [-0.4, -0.2) is 53.3 Å². The van der Waals surface area contributed by atoms with Crippen molar-refractivity contribution in [3.05, 3.63) is 72.1 Å². The standard InChI is InChI=1S/C24H27N5O3/c25-23(30)20-5-3-4-18(14-20)17-32-24(31)29(13-12-28-10-1-2-11-28)22-8-6-19(7-9-22)21-15-26-27-16-21/h3-9,14-16H,1-2,10-13,17H2,(H2,25,30)(H,26,27). The van der Waals surface area contributed by atoms with Gasteiger partial charge in [-0.3, -0.25) is 14.8 Å². The van der Waals surface area contributed by atoms with Crippen LogP contribution in [0.15, 0.2) is 60.9 Å². The molecule has 4 rings (SSSR count). The lowest BCUT2D eigenvalue weighted by Gasteiger charge is -2.25. The smallest absolute Gasteiger partial charge is 0.414 e. The third kappa shape index (κ3) is 5.33. The summed E-state index contributed by atoms with van der Waals surface area (Å²) in [7, 11) is 0. The highest BCUT2D eigenvalue weighted by molar-refractivity contribution is 5.93. The number of hydrogen-bond acceptors (Lipinski definition) is 5. The first-order valence-corrected chi connectivity index (χ1v) is 10.7. The van der Waals surface area contributed by atoms with E-state index in [1.165, 1.54) is 12.8 Å². The third-order valence-corrected chi connectivity index (χ3v) is 5.64. The number of nitrogens with two attached hydrogens (primary N) is 1. The van der Waals surface area contributed by atoms with Crippen LogP contribution in [0.5, 0.6) is 0 Å². The minimum atomic E-state index is -0.511. The fourth-order valence-corrected chi connectivity index (χ4v) is 3.85. The lowest BCUT2D eigenvalue weighted by molar-refractivity contribution is 0.1000. The maximum atomic E-state index is 13.0. The Labute approximate surface area is 187 Å². The number of amides is 2. The molecule has 0 bridgehead atoms. The second-order valence-electron chi connectivity index (χ2n) is 7.85. The number of rotatable bonds is 8. The van der Waals surface area contributed by atoms with Crippen LogP contribution in [0.4, 0.5) is 10.5 Å². The summed E-state index contributed by atoms with van der Waals surface area (Å²) in [5, 5.41) is 6.79. The lowest BCUT2D eigenvalue weighted by atomic mass is 10.1. The van der Waals surface area contributed by atoms with Crippen LogP contribution in [0.2, 0.25) is 0 Å². The number of likely N-dealkylation sites (tertiary alicyclic amines) is 1. The number of primary amides is 1. The molecule has 1 fully saturated rings. The fraction of sp³-hybridized carbons (Fsp3) is 0.292. The highest BCUT2D eigenvalue weighted by atomic mass is 16.6. The van der Waals surface area contributed by atoms with Gasteiger partial charge in [-0.1, -0.05) is 24.3 Å². The van der Waals surface area contributed by atoms with Crippen LogP contribution in [-0.2, 0) is 11.3 Å². The van der Waals surface area contributed by atoms with E-state index in [1.54, 1.807) is 35.4 Å². The minimum Gasteiger partial charge on any atom is -0.444 e. The summed E-state index contributed by atoms with van der Waals surface area (Å²) in [5.74, 6) is -0.511. The minimum absolute atomic E-state index is 0.0628. The van der Waals surface area contributed by atoms with Crippen LogP contribution >= 0.6 is 0 Å². The van der Waals surface area contributed by atoms with Crippen LogP contribution in [0.25, 0.3) is 11.1 Å². The zero-order valence-corrected chi connectivity index (χ0v) is 17.9. The van der Waals surface area contributed by atoms with Gasteiger partial charge < -0.3 is 15.4 Å². The summed E-state index contributed by atoms with van der Waals surface area (Å²) in [6.45, 7) is 3.50. The molecular formula is C24H27N5O3. The molecule has 0 saturated carbocycles. The van der Waals surface area contributed by atoms with Crippen molar-refractivity contribution in [1.29, 1.82) is 0 Å². The van der Waals surface area contributed by atoms with E-state index < -0.39 is 12.0 Å². The quantitative estimate of drug-likeness (QED) is 0.566. The van der Waals surface area contributed by atoms with Crippen LogP contribution in [0.1, 0.15) is 28.8 Å². The van der Waals surface area contributed by atoms with E-state index in [0.717, 1.165) is 36.4 Å². The molecule has 0 spiro atoms. The second kappa shape index (κ2) is 10.1. The van der Waals surface area contributed by atoms with Crippen LogP contribution in [0.3, 0.4) is 0 Å². The molecule has 1 aliphatic heterocycles. The average molecular weight is 434 g/mol. The Balaban J connectivity index is 1.47. The molecule has 0 atom stereocenters. The number of carbonyl (C=O) groups excluding carboxylic acids is 2. The van der Waals surface area contributed by atoms with Crippen molar-refractivity contribution in [2.24, 2.45) is 5.73 Å². The normalized spacial score (nSPS) is 13.8. The number of nitrogens with one attached hydrogen (secondary N) is 1. The van der Waals surface area contributed by atoms with Gasteiger partial charge in [-0.05, 0) is 61.3 Å². The van der Waals surface area contributed by atoms with Gasteiger partial charge >= 0.3 is 6.09 Å². The number of H-pyrrole nitrogens is 1. The molecule has 1 saturated heterocycles. The Hall–Kier alpha value is -3.65. The number of anilines is 1. The first-order valence-electron chi connectivity index (χ1n) is 10.7. The van der Waals surface area contributed by atoms with Gasteiger partial charge in [0.15, 0.2) is 0 Å². The van der Waals surface area contributed by atoms with Gasteiger partial charge in [-0.25, -0.2) is 4.79 Å². The first-order chi connectivity index (χ1) is 15.6. The summed E-state index contributed by atoms with van der Waals surface area (Å²) in [4.78, 5) is 28.5. The molecule has 2 aromatic carbocycles. The molecule has 2 amide bonds. The number of nitrogens with zero attached hydrogens (tertiary/aromatic N) is 3. The summed E-state index contributed by atoms with van der Waals surface area (Å²) in [6.07, 6.45) is 5.55. The number of carbonyl (C=O) groups is 2. The molecular weight excluding hydrogens is 406 g/mol. The van der Waals surface area contributed by atoms with Gasteiger partial charge in [-0.2, -0.15) is 5.10 Å². The predicted octanol–water partition coefficient (Wildman–Crippen LogP) is 3.41. The van der Waals surface area contributed by atoms with Gasteiger partial charge in [0.05, 0.1) is 6.20 Å². The summed E-state index contributed by atoms with van der Waals surface area (Å²) in [5.41, 5.74) is 9.21. The van der Waals surface area contributed by atoms with Crippen molar-refractivity contribution >= 4 is 17.7 Å². The Kier molecular flexibility index (Phi) is 6.81. The molecule has 32 heavy (non-hydrogen) atoms. The van der Waals surface area contributed by atoms with E-state index >= 15 is 0 Å². The number of aromatic amines is 1. The molecule has 0 aliphatic carbocycles. The van der Waals surface area contributed by atoms with Gasteiger partial charge in [-0.15, -0.1) is 0 Å². The third-order valence-electron chi connectivity index (χ3n) is 5.64. The zero-order valence-electron chi connectivity index (χ0n) is 17.9. The summed E-state index contributed by atoms with van der Waals surface area (Å²) in [6, 6.07) is 14.6. The van der Waals surface area contributed by atoms with E-state index in [2.05, 4.69) is 15.1 Å². The van der Waals surface area contributed by atoms with Gasteiger partial charge in [0.25, 0.3) is 0 Å². The maximum Gasteiger partial charge on any atom is 0.414 e. The largest absolute Gasteiger partial charge is 0.444 e. The molecule has 166 valence electrons. The van der Waals surface area contributed by atoms with Crippen molar-refractivity contribution in [3.63, 3.8) is 0 Å². The number of benzene rings is 2. The zero-order chi connectivity index (χ0) is 22.3. The Morgan fingerprint density at radius 1 is 1.09 bits per heavy atom. The topological polar surface area (TPSA) is 105 Å². The first kappa shape index (κ1) is 21.6. The highest BCUT2D eigenvalue weighted by Gasteiger charge is 2.20. The van der Waals surface area contributed by atoms with E-state index in [1.807, 2.05) is 30.5 Å². The van der Waals surface area contributed by atoms with E-state index in [0.29, 0.717) is 17.7 Å². The van der Waals surface area contributed by atoms with Crippen molar-refractivity contribution in [1.82, 2.24) is 15.1 Å². The molecule has 3 aromatic rings. The SMILES string of the molecule is NC(=O)c1cccc(COC(=O)N(CCN2CCCC2)c2ccc(-c3cn[nH]c3)cc2)c1. The summed E-state index contributed by atoms with van der Waals surface area (Å²) >= 11 is 0. The number of hydrogen-bond donors (Lipinski definition) is 2. The molecule has 1 aliphatic rings. The van der Waals surface area contributed by atoms with Gasteiger partial charge in [0, 0.05) is 36.1 Å². The molecule has 0 unspecified atom stereocenters. The predicted molar refractivity (Wildman–Crippen MR) is 122 cm³/mol. The summed E-state index contributed by atoms with van der Waals surface area (Å²) < 4.78 is 5.60. The Bertz CT molecular complexity index is 1040. The second-order valence-corrected chi connectivity index (χ2v) is 7.85. The lowest BCUT2D eigenvalue weighted by Crippen LogP contribution is -2.38. The van der Waals surface area contributed by atoms with E-state index in [9.17, 15) is 9.59 Å². The van der Waals surface area contributed by atoms with Crippen molar-refractivity contribution in [2.75, 3.05) is 31.1 Å². The monoisotopic (exact) mass is 433 g/mol. The average Bonchev–Trinajstić information content (AvgIpc) is 3.53.